The SMILES string of the molecule is CC(=O)c1cn(CC(=O)N2C[C@H](F)C[C@H]2C(=O)Nc2noc3cc(C(F)(F)F)ccc23)c2ccc(Nc3cncnc3)cc12. The first-order valence-corrected chi connectivity index (χ1v) is 13.3. The molecule has 2 amide bonds. The zero-order chi connectivity index (χ0) is 31.2. The van der Waals surface area contributed by atoms with Gasteiger partial charge in [0.1, 0.15) is 25.1 Å². The Morgan fingerprint density at radius 3 is 2.55 bits per heavy atom. The van der Waals surface area contributed by atoms with E-state index in [1.54, 1.807) is 35.2 Å². The van der Waals surface area contributed by atoms with Crippen LogP contribution in [0.1, 0.15) is 29.3 Å². The van der Waals surface area contributed by atoms with Gasteiger partial charge in [-0.05, 0) is 43.3 Å². The number of hydrogen-bond acceptors (Lipinski definition) is 8. The number of carbonyl (C=O) groups is 3. The van der Waals surface area contributed by atoms with Crippen LogP contribution in [-0.4, -0.2) is 60.9 Å². The average molecular weight is 610 g/mol. The summed E-state index contributed by atoms with van der Waals surface area (Å²) in [5.74, 6) is -1.72. The number of halogens is 4. The van der Waals surface area contributed by atoms with Gasteiger partial charge >= 0.3 is 6.18 Å². The molecule has 1 aliphatic heterocycles. The minimum Gasteiger partial charge on any atom is -0.354 e. The van der Waals surface area contributed by atoms with Crippen molar-refractivity contribution in [2.75, 3.05) is 17.2 Å². The van der Waals surface area contributed by atoms with Crippen LogP contribution in [-0.2, 0) is 22.3 Å². The van der Waals surface area contributed by atoms with Crippen LogP contribution in [0, 0.1) is 0 Å². The fourth-order valence-corrected chi connectivity index (χ4v) is 5.27. The van der Waals surface area contributed by atoms with Crippen LogP contribution >= 0.6 is 0 Å². The van der Waals surface area contributed by atoms with Gasteiger partial charge in [-0.2, -0.15) is 13.2 Å². The molecule has 1 saturated heterocycles. The Balaban J connectivity index is 1.22. The smallest absolute Gasteiger partial charge is 0.354 e. The Kier molecular flexibility index (Phi) is 7.23. The third-order valence-electron chi connectivity index (χ3n) is 7.33. The van der Waals surface area contributed by atoms with E-state index in [0.29, 0.717) is 27.8 Å². The number of fused-ring (bicyclic) bond motifs is 2. The van der Waals surface area contributed by atoms with Gasteiger partial charge in [-0.1, -0.05) is 5.16 Å². The van der Waals surface area contributed by atoms with Crippen LogP contribution in [0.3, 0.4) is 0 Å². The number of alkyl halides is 4. The van der Waals surface area contributed by atoms with Crippen LogP contribution < -0.4 is 10.6 Å². The molecule has 3 aromatic heterocycles. The summed E-state index contributed by atoms with van der Waals surface area (Å²) in [5, 5.41) is 9.96. The summed E-state index contributed by atoms with van der Waals surface area (Å²) < 4.78 is 60.2. The third-order valence-corrected chi connectivity index (χ3v) is 7.33. The molecule has 1 aliphatic rings. The molecule has 15 heteroatoms. The number of amides is 2. The van der Waals surface area contributed by atoms with E-state index in [0.717, 1.165) is 23.1 Å². The van der Waals surface area contributed by atoms with E-state index in [-0.39, 0.29) is 42.1 Å². The summed E-state index contributed by atoms with van der Waals surface area (Å²) in [6, 6.07) is 6.71. The van der Waals surface area contributed by atoms with Crippen LogP contribution in [0.2, 0.25) is 0 Å². The molecule has 1 fully saturated rings. The van der Waals surface area contributed by atoms with Crippen molar-refractivity contribution in [3.8, 4) is 0 Å². The van der Waals surface area contributed by atoms with Crippen LogP contribution in [0.15, 0.2) is 65.8 Å². The molecule has 0 saturated carbocycles. The van der Waals surface area contributed by atoms with Gasteiger partial charge in [-0.15, -0.1) is 0 Å². The Morgan fingerprint density at radius 2 is 1.82 bits per heavy atom. The fourth-order valence-electron chi connectivity index (χ4n) is 5.27. The number of carbonyl (C=O) groups excluding carboxylic acids is 3. The molecule has 44 heavy (non-hydrogen) atoms. The molecule has 0 bridgehead atoms. The second-order valence-corrected chi connectivity index (χ2v) is 10.3. The number of likely N-dealkylation sites (tertiary alicyclic amines) is 1. The molecule has 2 aromatic carbocycles. The molecule has 5 aromatic rings. The molecule has 0 radical (unpaired) electrons. The van der Waals surface area contributed by atoms with Crippen LogP contribution in [0.5, 0.6) is 0 Å². The van der Waals surface area contributed by atoms with Crippen molar-refractivity contribution in [2.24, 2.45) is 0 Å². The highest BCUT2D eigenvalue weighted by atomic mass is 19.4. The molecular formula is C29H23F4N7O4. The molecule has 2 atom stereocenters. The maximum absolute atomic E-state index is 14.6. The molecule has 6 rings (SSSR count). The van der Waals surface area contributed by atoms with Gasteiger partial charge in [-0.3, -0.25) is 14.4 Å². The number of nitrogens with zero attached hydrogens (tertiary/aromatic N) is 5. The van der Waals surface area contributed by atoms with Gasteiger partial charge in [0.2, 0.25) is 11.8 Å². The molecule has 4 heterocycles. The predicted molar refractivity (Wildman–Crippen MR) is 150 cm³/mol. The molecule has 0 spiro atoms. The van der Waals surface area contributed by atoms with E-state index in [9.17, 15) is 31.9 Å². The number of rotatable bonds is 7. The highest BCUT2D eigenvalue weighted by Gasteiger charge is 2.40. The van der Waals surface area contributed by atoms with E-state index in [4.69, 9.17) is 4.52 Å². The van der Waals surface area contributed by atoms with Gasteiger partial charge in [0.25, 0.3) is 0 Å². The number of ketones is 1. The normalized spacial score (nSPS) is 16.9. The van der Waals surface area contributed by atoms with E-state index in [2.05, 4.69) is 25.8 Å². The maximum atomic E-state index is 14.6. The van der Waals surface area contributed by atoms with Crippen molar-refractivity contribution >= 4 is 56.7 Å². The predicted octanol–water partition coefficient (Wildman–Crippen LogP) is 5.12. The standard InChI is InChI=1S/C29H23F4N7O4/c1-15(41)22-12-39(23-5-3-18(8-21(22)23)36-19-9-34-14-35-10-19)13-26(42)40-11-17(30)7-24(40)28(43)37-27-20-4-2-16(29(31,32)33)6-25(20)44-38-27/h2-6,8-10,12,14,17,24,36H,7,11,13H2,1H3,(H,37,38,43)/t17-,24+/m1/s1. The van der Waals surface area contributed by atoms with Crippen molar-refractivity contribution in [3.05, 3.63) is 72.4 Å². The lowest BCUT2D eigenvalue weighted by molar-refractivity contribution is -0.137. The second-order valence-electron chi connectivity index (χ2n) is 10.3. The first-order chi connectivity index (χ1) is 21.0. The van der Waals surface area contributed by atoms with E-state index < -0.39 is 35.8 Å². The minimum atomic E-state index is -4.60. The zero-order valence-corrected chi connectivity index (χ0v) is 22.9. The Morgan fingerprint density at radius 1 is 1.05 bits per heavy atom. The summed E-state index contributed by atoms with van der Waals surface area (Å²) in [7, 11) is 0. The fraction of sp³-hybridized carbons (Fsp3) is 0.241. The summed E-state index contributed by atoms with van der Waals surface area (Å²) >= 11 is 0. The quantitative estimate of drug-likeness (QED) is 0.192. The number of benzene rings is 2. The molecule has 2 N–H and O–H groups in total. The number of aromatic nitrogens is 4. The van der Waals surface area contributed by atoms with Crippen LogP contribution in [0.25, 0.3) is 21.9 Å². The molecular weight excluding hydrogens is 586 g/mol. The summed E-state index contributed by atoms with van der Waals surface area (Å²) in [6.07, 6.45) is -0.263. The van der Waals surface area contributed by atoms with Crippen molar-refractivity contribution in [1.82, 2.24) is 24.6 Å². The molecule has 0 aliphatic carbocycles. The first kappa shape index (κ1) is 28.8. The van der Waals surface area contributed by atoms with E-state index in [1.165, 1.54) is 19.4 Å². The molecule has 226 valence electrons. The monoisotopic (exact) mass is 609 g/mol. The topological polar surface area (TPSA) is 135 Å². The lowest BCUT2D eigenvalue weighted by atomic mass is 10.1. The Labute approximate surface area is 245 Å². The minimum absolute atomic E-state index is 0.114. The van der Waals surface area contributed by atoms with Crippen molar-refractivity contribution in [3.63, 3.8) is 0 Å². The molecule has 11 nitrogen and oxygen atoms in total. The van der Waals surface area contributed by atoms with Crippen LogP contribution in [0.4, 0.5) is 34.8 Å². The summed E-state index contributed by atoms with van der Waals surface area (Å²) in [5.41, 5.74) is 1.08. The number of nitrogens with one attached hydrogen (secondary N) is 2. The Hall–Kier alpha value is -5.34. The van der Waals surface area contributed by atoms with Crippen molar-refractivity contribution in [2.45, 2.75) is 38.3 Å². The third kappa shape index (κ3) is 5.55. The molecule has 0 unspecified atom stereocenters. The van der Waals surface area contributed by atoms with Gasteiger partial charge in [0.05, 0.1) is 35.6 Å². The van der Waals surface area contributed by atoms with Gasteiger partial charge in [0, 0.05) is 34.8 Å². The highest BCUT2D eigenvalue weighted by molar-refractivity contribution is 6.08. The van der Waals surface area contributed by atoms with E-state index in [1.807, 2.05) is 0 Å². The highest BCUT2D eigenvalue weighted by Crippen LogP contribution is 2.34. The first-order valence-electron chi connectivity index (χ1n) is 13.3. The lowest BCUT2D eigenvalue weighted by Gasteiger charge is -2.23. The van der Waals surface area contributed by atoms with Crippen molar-refractivity contribution in [1.29, 1.82) is 0 Å². The van der Waals surface area contributed by atoms with Gasteiger partial charge in [-0.25, -0.2) is 14.4 Å². The maximum Gasteiger partial charge on any atom is 0.416 e. The number of anilines is 3. The Bertz CT molecular complexity index is 1900. The zero-order valence-electron chi connectivity index (χ0n) is 22.9. The van der Waals surface area contributed by atoms with Gasteiger partial charge < -0.3 is 24.6 Å². The number of Topliss-reactive ketones (excluding diaryl/α,β-unsaturated/α-hetero) is 1. The largest absolute Gasteiger partial charge is 0.416 e. The summed E-state index contributed by atoms with van der Waals surface area (Å²) in [4.78, 5) is 48.1. The average Bonchev–Trinajstić information content (AvgIpc) is 3.68. The second kappa shape index (κ2) is 11.1. The van der Waals surface area contributed by atoms with Gasteiger partial charge in [0.15, 0.2) is 17.2 Å². The summed E-state index contributed by atoms with van der Waals surface area (Å²) in [6.45, 7) is 0.780. The number of hydrogen-bond donors (Lipinski definition) is 2. The lowest BCUT2D eigenvalue weighted by Crippen LogP contribution is -2.44. The van der Waals surface area contributed by atoms with Crippen molar-refractivity contribution < 1.29 is 36.5 Å². The van der Waals surface area contributed by atoms with E-state index >= 15 is 0 Å².